The summed E-state index contributed by atoms with van der Waals surface area (Å²) in [6.07, 6.45) is 60.0. The summed E-state index contributed by atoms with van der Waals surface area (Å²) >= 11 is 0. The van der Waals surface area contributed by atoms with Gasteiger partial charge in [-0.3, -0.25) is 9.36 Å². The molecule has 0 aliphatic carbocycles. The van der Waals surface area contributed by atoms with Gasteiger partial charge in [0.05, 0.1) is 41.0 Å². The van der Waals surface area contributed by atoms with Gasteiger partial charge in [0, 0.05) is 6.42 Å². The van der Waals surface area contributed by atoms with Crippen LogP contribution in [0.3, 0.4) is 0 Å². The molecule has 8 nitrogen and oxygen atoms in total. The van der Waals surface area contributed by atoms with Crippen LogP contribution < -0.4 is 4.89 Å². The molecule has 0 fully saturated rings. The predicted octanol–water partition coefficient (Wildman–Crippen LogP) is 15.4. The van der Waals surface area contributed by atoms with Crippen LogP contribution in [0.25, 0.3) is 0 Å². The lowest BCUT2D eigenvalue weighted by atomic mass is 10.0. The van der Waals surface area contributed by atoms with Crippen molar-refractivity contribution in [1.82, 2.24) is 0 Å². The first kappa shape index (κ1) is 61.2. The molecule has 0 rings (SSSR count). The Morgan fingerprint density at radius 2 is 0.889 bits per heavy atom. The number of allylic oxidation sites excluding steroid dienone is 9. The molecule has 0 heterocycles. The highest BCUT2D eigenvalue weighted by Crippen LogP contribution is 2.38. The number of phosphoric acid groups is 1. The van der Waals surface area contributed by atoms with E-state index in [1.807, 2.05) is 21.1 Å². The number of likely N-dealkylation sites (N-methyl/N-ethyl adjacent to an activating group) is 1. The number of nitrogens with zero attached hydrogens (tertiary/aromatic N) is 1. The highest BCUT2D eigenvalue weighted by molar-refractivity contribution is 7.45. The molecule has 0 saturated heterocycles. The van der Waals surface area contributed by atoms with Crippen LogP contribution in [0.1, 0.15) is 219 Å². The zero-order valence-corrected chi connectivity index (χ0v) is 42.7. The van der Waals surface area contributed by atoms with Crippen molar-refractivity contribution >= 4 is 13.8 Å². The summed E-state index contributed by atoms with van der Waals surface area (Å²) in [5, 5.41) is 0. The summed E-state index contributed by atoms with van der Waals surface area (Å²) in [5.74, 6) is -0.356. The van der Waals surface area contributed by atoms with Crippen LogP contribution >= 0.6 is 7.82 Å². The first-order chi connectivity index (χ1) is 30.6. The van der Waals surface area contributed by atoms with Gasteiger partial charge in [0.2, 0.25) is 0 Å². The summed E-state index contributed by atoms with van der Waals surface area (Å²) in [4.78, 5) is 25.2. The largest absolute Gasteiger partial charge is 0.756 e. The number of rotatable bonds is 48. The SMILES string of the molecule is CC/C=C\C/C=C\C/C=C\C/C=C\C/C=C\CCOCC(COP(=O)([O-])OCC[N+](C)(C)C)OC(=O)CCCCCCCCCCCCCCCCCCCCCCCCCCC. The summed E-state index contributed by atoms with van der Waals surface area (Å²) in [7, 11) is 1.31. The summed E-state index contributed by atoms with van der Waals surface area (Å²) < 4.78 is 34.6. The minimum absolute atomic E-state index is 0.0120. The Kier molecular flexibility index (Phi) is 45.4. The average Bonchev–Trinajstić information content (AvgIpc) is 3.24. The molecule has 0 aromatic heterocycles. The van der Waals surface area contributed by atoms with Gasteiger partial charge in [0.25, 0.3) is 7.82 Å². The second-order valence-corrected chi connectivity index (χ2v) is 19.9. The Bertz CT molecular complexity index is 1190. The average molecular weight is 906 g/mol. The summed E-state index contributed by atoms with van der Waals surface area (Å²) in [6, 6.07) is 0. The van der Waals surface area contributed by atoms with Crippen LogP contribution in [0, 0.1) is 0 Å². The van der Waals surface area contributed by atoms with Crippen molar-refractivity contribution < 1.29 is 37.3 Å². The van der Waals surface area contributed by atoms with E-state index in [4.69, 9.17) is 18.5 Å². The Hall–Kier alpha value is -1.80. The number of quaternary nitrogens is 1. The Morgan fingerprint density at radius 1 is 0.508 bits per heavy atom. The molecule has 9 heteroatoms. The lowest BCUT2D eigenvalue weighted by Gasteiger charge is -2.28. The lowest BCUT2D eigenvalue weighted by Crippen LogP contribution is -2.37. The van der Waals surface area contributed by atoms with Crippen molar-refractivity contribution in [2.45, 2.75) is 225 Å². The minimum Gasteiger partial charge on any atom is -0.756 e. The van der Waals surface area contributed by atoms with Crippen LogP contribution in [0.4, 0.5) is 0 Å². The van der Waals surface area contributed by atoms with Crippen LogP contribution in [0.5, 0.6) is 0 Å². The summed E-state index contributed by atoms with van der Waals surface area (Å²) in [6.45, 7) is 5.09. The monoisotopic (exact) mass is 906 g/mol. The molecule has 0 radical (unpaired) electrons. The molecule has 0 amide bonds. The van der Waals surface area contributed by atoms with Crippen LogP contribution in [-0.4, -0.2) is 70.7 Å². The van der Waals surface area contributed by atoms with Crippen LogP contribution in [-0.2, 0) is 27.9 Å². The van der Waals surface area contributed by atoms with Gasteiger partial charge in [-0.2, -0.15) is 0 Å². The number of phosphoric ester groups is 1. The highest BCUT2D eigenvalue weighted by Gasteiger charge is 2.20. The first-order valence-corrected chi connectivity index (χ1v) is 27.5. The maximum absolute atomic E-state index is 12.7. The first-order valence-electron chi connectivity index (χ1n) is 26.0. The van der Waals surface area contributed by atoms with Gasteiger partial charge in [-0.05, 0) is 44.9 Å². The standard InChI is InChI=1S/C54H100NO7P/c1-6-8-10-12-14-16-18-20-22-24-25-26-27-28-29-30-31-32-33-35-37-39-41-43-45-47-54(56)62-53(52-61-63(57,58)60-50-48-55(3,4)5)51-59-49-46-44-42-40-38-36-34-23-21-19-17-15-13-11-9-7-2/h9,11,15,17,21,23,36,38,42,44,53H,6-8,10,12-14,16,18-20,22,24-35,37,39-41,43,45-52H2,1-5H3/b11-9-,17-15-,23-21-,38-36-,44-42-. The van der Waals surface area contributed by atoms with Gasteiger partial charge < -0.3 is 27.9 Å². The van der Waals surface area contributed by atoms with Gasteiger partial charge >= 0.3 is 5.97 Å². The topological polar surface area (TPSA) is 94.1 Å². The number of esters is 1. The number of ether oxygens (including phenoxy) is 2. The fraction of sp³-hybridized carbons (Fsp3) is 0.796. The van der Waals surface area contributed by atoms with Crippen LogP contribution in [0.2, 0.25) is 0 Å². The zero-order chi connectivity index (χ0) is 46.2. The molecular weight excluding hydrogens is 806 g/mol. The fourth-order valence-electron chi connectivity index (χ4n) is 7.14. The Morgan fingerprint density at radius 3 is 1.29 bits per heavy atom. The van der Waals surface area contributed by atoms with Gasteiger partial charge in [-0.25, -0.2) is 0 Å². The lowest BCUT2D eigenvalue weighted by molar-refractivity contribution is -0.870. The van der Waals surface area contributed by atoms with Crippen molar-refractivity contribution in [2.75, 3.05) is 54.1 Å². The third kappa shape index (κ3) is 51.1. The molecule has 0 spiro atoms. The van der Waals surface area contributed by atoms with Crippen molar-refractivity contribution in [3.63, 3.8) is 0 Å². The minimum atomic E-state index is -4.55. The molecule has 2 atom stereocenters. The van der Waals surface area contributed by atoms with E-state index in [0.29, 0.717) is 30.5 Å². The fourth-order valence-corrected chi connectivity index (χ4v) is 7.87. The van der Waals surface area contributed by atoms with Crippen molar-refractivity contribution in [3.8, 4) is 0 Å². The van der Waals surface area contributed by atoms with Gasteiger partial charge in [-0.15, -0.1) is 0 Å². The van der Waals surface area contributed by atoms with E-state index in [0.717, 1.165) is 51.4 Å². The number of carbonyl (C=O) groups excluding carboxylic acids is 1. The third-order valence-corrected chi connectivity index (χ3v) is 12.1. The number of unbranched alkanes of at least 4 members (excludes halogenated alkanes) is 24. The predicted molar refractivity (Wildman–Crippen MR) is 268 cm³/mol. The maximum Gasteiger partial charge on any atom is 0.306 e. The molecule has 0 N–H and O–H groups in total. The normalized spacial score (nSPS) is 14.1. The third-order valence-electron chi connectivity index (χ3n) is 11.1. The van der Waals surface area contributed by atoms with E-state index < -0.39 is 13.9 Å². The maximum atomic E-state index is 12.7. The van der Waals surface area contributed by atoms with Gasteiger partial charge in [-0.1, -0.05) is 229 Å². The molecule has 63 heavy (non-hydrogen) atoms. The molecule has 0 aromatic rings. The molecular formula is C54H100NO7P. The van der Waals surface area contributed by atoms with E-state index in [-0.39, 0.29) is 25.8 Å². The van der Waals surface area contributed by atoms with E-state index in [9.17, 15) is 14.3 Å². The quantitative estimate of drug-likeness (QED) is 0.0197. The molecule has 0 aliphatic heterocycles. The molecule has 0 saturated carbocycles. The highest BCUT2D eigenvalue weighted by atomic mass is 31.2. The number of carbonyl (C=O) groups is 1. The van der Waals surface area contributed by atoms with Gasteiger partial charge in [0.15, 0.2) is 0 Å². The van der Waals surface area contributed by atoms with E-state index >= 15 is 0 Å². The Labute approximate surface area is 390 Å². The zero-order valence-electron chi connectivity index (χ0n) is 41.8. The second-order valence-electron chi connectivity index (χ2n) is 18.5. The molecule has 2 unspecified atom stereocenters. The number of hydrogen-bond donors (Lipinski definition) is 0. The van der Waals surface area contributed by atoms with Crippen molar-refractivity contribution in [3.05, 3.63) is 60.8 Å². The van der Waals surface area contributed by atoms with Gasteiger partial charge in [0.1, 0.15) is 19.3 Å². The summed E-state index contributed by atoms with van der Waals surface area (Å²) in [5.41, 5.74) is 0. The van der Waals surface area contributed by atoms with Crippen LogP contribution in [0.15, 0.2) is 60.8 Å². The molecule has 368 valence electrons. The molecule has 0 aliphatic rings. The smallest absolute Gasteiger partial charge is 0.306 e. The number of hydrogen-bond acceptors (Lipinski definition) is 7. The van der Waals surface area contributed by atoms with Crippen molar-refractivity contribution in [2.24, 2.45) is 0 Å². The molecule has 0 bridgehead atoms. The Balaban J connectivity index is 4.14. The van der Waals surface area contributed by atoms with E-state index in [2.05, 4.69) is 74.6 Å². The van der Waals surface area contributed by atoms with Crippen molar-refractivity contribution in [1.29, 1.82) is 0 Å². The van der Waals surface area contributed by atoms with E-state index in [1.165, 1.54) is 141 Å². The second kappa shape index (κ2) is 46.7. The van der Waals surface area contributed by atoms with E-state index in [1.54, 1.807) is 0 Å². The molecule has 0 aromatic carbocycles.